The highest BCUT2D eigenvalue weighted by Gasteiger charge is 2.38. The topological polar surface area (TPSA) is 113 Å². The molecule has 12 heteroatoms. The summed E-state index contributed by atoms with van der Waals surface area (Å²) in [6.45, 7) is 5.48. The van der Waals surface area contributed by atoms with E-state index in [2.05, 4.69) is 46.2 Å². The molecule has 4 aromatic rings. The van der Waals surface area contributed by atoms with Crippen LogP contribution < -0.4 is 15.0 Å². The number of imidazole rings is 1. The molecule has 0 radical (unpaired) electrons. The van der Waals surface area contributed by atoms with E-state index in [1.54, 1.807) is 12.3 Å². The van der Waals surface area contributed by atoms with Crippen LogP contribution in [-0.2, 0) is 37.1 Å². The van der Waals surface area contributed by atoms with Gasteiger partial charge in [0.1, 0.15) is 35.6 Å². The van der Waals surface area contributed by atoms with Gasteiger partial charge in [-0.3, -0.25) is 24.9 Å². The largest absolute Gasteiger partial charge is 0.506 e. The minimum atomic E-state index is -0.462. The summed E-state index contributed by atoms with van der Waals surface area (Å²) in [6, 6.07) is 11.6. The molecule has 2 N–H and O–H groups in total. The summed E-state index contributed by atoms with van der Waals surface area (Å²) in [6.07, 6.45) is 3.38. The number of pyridine rings is 1. The summed E-state index contributed by atoms with van der Waals surface area (Å²) in [5.74, 6) is 0.837. The smallest absolute Gasteiger partial charge is 0.329 e. The van der Waals surface area contributed by atoms with Crippen LogP contribution in [0.5, 0.6) is 11.5 Å². The first kappa shape index (κ1) is 28.6. The molecule has 2 aliphatic heterocycles. The van der Waals surface area contributed by atoms with Gasteiger partial charge in [-0.1, -0.05) is 29.8 Å². The second-order valence-electron chi connectivity index (χ2n) is 11.2. The van der Waals surface area contributed by atoms with Crippen LogP contribution in [0.2, 0.25) is 5.02 Å². The molecule has 0 spiro atoms. The number of urea groups is 1. The minimum absolute atomic E-state index is 0.0198. The molecule has 3 amide bonds. The zero-order valence-electron chi connectivity index (χ0n) is 23.9. The summed E-state index contributed by atoms with van der Waals surface area (Å²) in [5.41, 5.74) is 3.50. The molecule has 0 aliphatic carbocycles. The molecule has 222 valence electrons. The van der Waals surface area contributed by atoms with Crippen LogP contribution in [0.4, 0.5) is 15.0 Å². The molecule has 0 atom stereocenters. The number of amides is 3. The Balaban J connectivity index is 1.18. The maximum absolute atomic E-state index is 14.1. The van der Waals surface area contributed by atoms with Gasteiger partial charge < -0.3 is 14.4 Å². The van der Waals surface area contributed by atoms with Crippen molar-refractivity contribution in [1.29, 1.82) is 0 Å². The number of nitrogens with one attached hydrogen (secondary N) is 1. The number of imide groups is 1. The lowest BCUT2D eigenvalue weighted by Crippen LogP contribution is -2.50. The molecule has 4 heterocycles. The Morgan fingerprint density at radius 1 is 1.14 bits per heavy atom. The van der Waals surface area contributed by atoms with E-state index in [0.717, 1.165) is 16.7 Å². The molecule has 1 fully saturated rings. The molecule has 0 bridgehead atoms. The molecule has 0 unspecified atom stereocenters. The summed E-state index contributed by atoms with van der Waals surface area (Å²) in [5, 5.41) is 13.4. The van der Waals surface area contributed by atoms with E-state index >= 15 is 0 Å². The highest BCUT2D eigenvalue weighted by molar-refractivity contribution is 6.31. The number of hydrogen-bond acceptors (Lipinski definition) is 7. The standard InChI is InChI=1S/C31H30ClFN6O4/c1-31(2)22-11-18(29-35-14-28(37(29)3)39-10-9-27(41)36-30(39)42)7-8-19(22)15-38(31)16-25-26(40)12-20(13-34-25)43-17-21-23(32)5-4-6-24(21)33/h4-8,11-14,40H,9-10,15-17H2,1-3H3,(H,36,41,42). The Labute approximate surface area is 252 Å². The van der Waals surface area contributed by atoms with Crippen molar-refractivity contribution < 1.29 is 23.8 Å². The predicted octanol–water partition coefficient (Wildman–Crippen LogP) is 5.26. The number of ether oxygens (including phenoxy) is 1. The van der Waals surface area contributed by atoms with E-state index in [-0.39, 0.29) is 35.3 Å². The summed E-state index contributed by atoms with van der Waals surface area (Å²) < 4.78 is 21.6. The Hall–Kier alpha value is -4.48. The maximum atomic E-state index is 14.1. The van der Waals surface area contributed by atoms with Gasteiger partial charge in [-0.05, 0) is 43.2 Å². The highest BCUT2D eigenvalue weighted by Crippen LogP contribution is 2.42. The van der Waals surface area contributed by atoms with Crippen molar-refractivity contribution in [3.63, 3.8) is 0 Å². The number of aromatic nitrogens is 3. The number of anilines is 1. The van der Waals surface area contributed by atoms with E-state index in [4.69, 9.17) is 16.3 Å². The average Bonchev–Trinajstić information content (AvgIpc) is 3.45. The number of halogens is 2. The van der Waals surface area contributed by atoms with Crippen LogP contribution in [0, 0.1) is 5.82 Å². The number of carbonyl (C=O) groups is 2. The minimum Gasteiger partial charge on any atom is -0.506 e. The number of carbonyl (C=O) groups excluding carboxylic acids is 2. The van der Waals surface area contributed by atoms with Crippen LogP contribution in [-0.4, -0.2) is 43.0 Å². The molecule has 0 saturated carbocycles. The predicted molar refractivity (Wildman–Crippen MR) is 158 cm³/mol. The summed E-state index contributed by atoms with van der Waals surface area (Å²) in [4.78, 5) is 36.7. The molecule has 10 nitrogen and oxygen atoms in total. The van der Waals surface area contributed by atoms with Gasteiger partial charge in [0.25, 0.3) is 0 Å². The molecule has 6 rings (SSSR count). The van der Waals surface area contributed by atoms with Crippen molar-refractivity contribution in [3.05, 3.63) is 88.1 Å². The van der Waals surface area contributed by atoms with Crippen molar-refractivity contribution in [2.24, 2.45) is 7.05 Å². The molecule has 2 aromatic heterocycles. The average molecular weight is 605 g/mol. The van der Waals surface area contributed by atoms with Gasteiger partial charge in [-0.2, -0.15) is 0 Å². The van der Waals surface area contributed by atoms with Crippen LogP contribution in [0.3, 0.4) is 0 Å². The molecule has 2 aromatic carbocycles. The van der Waals surface area contributed by atoms with Crippen molar-refractivity contribution in [2.45, 2.75) is 45.5 Å². The Morgan fingerprint density at radius 3 is 2.70 bits per heavy atom. The highest BCUT2D eigenvalue weighted by atomic mass is 35.5. The third-order valence-electron chi connectivity index (χ3n) is 8.18. The first-order valence-corrected chi connectivity index (χ1v) is 14.2. The van der Waals surface area contributed by atoms with Crippen LogP contribution >= 0.6 is 11.6 Å². The number of hydrogen-bond donors (Lipinski definition) is 2. The van der Waals surface area contributed by atoms with Gasteiger partial charge in [-0.25, -0.2) is 14.2 Å². The Bertz CT molecular complexity index is 1740. The second kappa shape index (κ2) is 11.0. The van der Waals surface area contributed by atoms with Crippen molar-refractivity contribution >= 4 is 29.4 Å². The molecule has 43 heavy (non-hydrogen) atoms. The lowest BCUT2D eigenvalue weighted by molar-refractivity contribution is -0.120. The summed E-state index contributed by atoms with van der Waals surface area (Å²) >= 11 is 6.09. The fourth-order valence-electron chi connectivity index (χ4n) is 5.62. The fourth-order valence-corrected chi connectivity index (χ4v) is 5.84. The van der Waals surface area contributed by atoms with E-state index in [0.29, 0.717) is 42.7 Å². The second-order valence-corrected chi connectivity index (χ2v) is 11.6. The van der Waals surface area contributed by atoms with Gasteiger partial charge in [-0.15, -0.1) is 0 Å². The summed E-state index contributed by atoms with van der Waals surface area (Å²) in [7, 11) is 1.85. The van der Waals surface area contributed by atoms with Crippen molar-refractivity contribution in [1.82, 2.24) is 24.8 Å². The Morgan fingerprint density at radius 2 is 1.95 bits per heavy atom. The first-order valence-electron chi connectivity index (χ1n) is 13.8. The van der Waals surface area contributed by atoms with Crippen LogP contribution in [0.15, 0.2) is 54.9 Å². The zero-order chi connectivity index (χ0) is 30.5. The van der Waals surface area contributed by atoms with Gasteiger partial charge in [0.15, 0.2) is 0 Å². The number of fused-ring (bicyclic) bond motifs is 1. The quantitative estimate of drug-likeness (QED) is 0.296. The molecule has 2 aliphatic rings. The van der Waals surface area contributed by atoms with E-state index in [9.17, 15) is 19.1 Å². The van der Waals surface area contributed by atoms with Crippen LogP contribution in [0.25, 0.3) is 11.4 Å². The van der Waals surface area contributed by atoms with Crippen LogP contribution in [0.1, 0.15) is 42.7 Å². The lowest BCUT2D eigenvalue weighted by atomic mass is 9.92. The molecular formula is C31H30ClFN6O4. The number of rotatable bonds is 7. The van der Waals surface area contributed by atoms with E-state index in [1.165, 1.54) is 29.3 Å². The van der Waals surface area contributed by atoms with Crippen molar-refractivity contribution in [2.75, 3.05) is 11.4 Å². The van der Waals surface area contributed by atoms with Gasteiger partial charge in [0.2, 0.25) is 5.91 Å². The SMILES string of the molecule is Cn1c(N2CCC(=O)NC2=O)cnc1-c1ccc2c(c1)C(C)(C)N(Cc1ncc(OCc3c(F)cccc3Cl)cc1O)C2. The molecule has 1 saturated heterocycles. The number of aromatic hydroxyl groups is 1. The monoisotopic (exact) mass is 604 g/mol. The number of nitrogens with zero attached hydrogens (tertiary/aromatic N) is 5. The first-order chi connectivity index (χ1) is 20.5. The zero-order valence-corrected chi connectivity index (χ0v) is 24.7. The van der Waals surface area contributed by atoms with Gasteiger partial charge in [0.05, 0.1) is 23.1 Å². The Kier molecular flexibility index (Phi) is 7.31. The fraction of sp³-hybridized carbons (Fsp3) is 0.290. The third-order valence-corrected chi connectivity index (χ3v) is 8.54. The normalized spacial score (nSPS) is 16.3. The van der Waals surface area contributed by atoms with Crippen molar-refractivity contribution in [3.8, 4) is 22.9 Å². The van der Waals surface area contributed by atoms with Gasteiger partial charge >= 0.3 is 6.03 Å². The third kappa shape index (κ3) is 5.30. The lowest BCUT2D eigenvalue weighted by Gasteiger charge is -2.32. The van der Waals surface area contributed by atoms with Gasteiger partial charge in [0, 0.05) is 55.8 Å². The maximum Gasteiger partial charge on any atom is 0.329 e. The van der Waals surface area contributed by atoms with E-state index < -0.39 is 17.4 Å². The molecular weight excluding hydrogens is 575 g/mol. The van der Waals surface area contributed by atoms with E-state index in [1.807, 2.05) is 17.7 Å². The number of benzene rings is 2.